The molecule has 0 aromatic heterocycles. The quantitative estimate of drug-likeness (QED) is 0.694. The molecule has 0 aromatic rings. The van der Waals surface area contributed by atoms with Gasteiger partial charge in [0.15, 0.2) is 0 Å². The van der Waals surface area contributed by atoms with Gasteiger partial charge in [0.05, 0.1) is 12.6 Å². The first-order valence-electron chi connectivity index (χ1n) is 12.4. The third-order valence-electron chi connectivity index (χ3n) is 8.41. The fourth-order valence-electron chi connectivity index (χ4n) is 6.66. The molecule has 2 N–H and O–H groups in total. The van der Waals surface area contributed by atoms with Gasteiger partial charge in [0.1, 0.15) is 6.17 Å². The molecule has 0 bridgehead atoms. The number of halogens is 1. The fraction of sp³-hybridized carbons (Fsp3) is 0.917. The van der Waals surface area contributed by atoms with E-state index in [1.807, 2.05) is 23.9 Å². The van der Waals surface area contributed by atoms with E-state index in [9.17, 15) is 14.0 Å². The Balaban J connectivity index is 1.27. The van der Waals surface area contributed by atoms with E-state index in [1.165, 1.54) is 6.42 Å². The first kappa shape index (κ1) is 23.0. The summed E-state index contributed by atoms with van der Waals surface area (Å²) in [5.74, 6) is 1.84. The second kappa shape index (κ2) is 9.74. The van der Waals surface area contributed by atoms with Crippen LogP contribution in [0.1, 0.15) is 58.3 Å². The van der Waals surface area contributed by atoms with Gasteiger partial charge in [-0.2, -0.15) is 0 Å². The maximum absolute atomic E-state index is 14.4. The lowest BCUT2D eigenvalue weighted by Gasteiger charge is -2.34. The van der Waals surface area contributed by atoms with Crippen molar-refractivity contribution >= 4 is 11.8 Å². The molecule has 31 heavy (non-hydrogen) atoms. The molecule has 0 aromatic carbocycles. The van der Waals surface area contributed by atoms with Crippen LogP contribution in [0, 0.1) is 23.7 Å². The summed E-state index contributed by atoms with van der Waals surface area (Å²) in [5, 5.41) is 6.76. The summed E-state index contributed by atoms with van der Waals surface area (Å²) in [4.78, 5) is 29.3. The van der Waals surface area contributed by atoms with E-state index < -0.39 is 6.17 Å². The first-order valence-corrected chi connectivity index (χ1v) is 12.4. The molecular formula is C24H41FN4O2. The molecule has 7 heteroatoms. The van der Waals surface area contributed by atoms with Crippen LogP contribution in [-0.4, -0.2) is 79.6 Å². The SMILES string of the molecule is CC1CCC(F)C2CC(C(=O)NC3CCCC(C4CCN(C(=O)CN(C)C)C4)C3)NC12. The number of likely N-dealkylation sites (N-methyl/N-ethyl adjacent to an activating group) is 1. The molecule has 176 valence electrons. The standard InChI is InChI=1S/C24H41FN4O2/c1-15-7-8-20(25)19-12-21(27-23(15)19)24(31)26-18-6-4-5-16(11-18)17-9-10-29(13-17)22(30)14-28(2)3/h15-21,23,27H,4-14H2,1-3H3,(H,26,31). The topological polar surface area (TPSA) is 64.7 Å². The minimum Gasteiger partial charge on any atom is -0.352 e. The van der Waals surface area contributed by atoms with E-state index in [4.69, 9.17) is 0 Å². The van der Waals surface area contributed by atoms with Crippen molar-refractivity contribution in [3.63, 3.8) is 0 Å². The summed E-state index contributed by atoms with van der Waals surface area (Å²) in [6, 6.07) is 0.100. The molecule has 2 saturated heterocycles. The van der Waals surface area contributed by atoms with Crippen LogP contribution in [-0.2, 0) is 9.59 Å². The van der Waals surface area contributed by atoms with Crippen LogP contribution >= 0.6 is 0 Å². The van der Waals surface area contributed by atoms with E-state index in [1.54, 1.807) is 0 Å². The van der Waals surface area contributed by atoms with E-state index in [-0.39, 0.29) is 35.9 Å². The number of rotatable bonds is 5. The molecule has 2 aliphatic heterocycles. The van der Waals surface area contributed by atoms with Crippen molar-refractivity contribution in [2.75, 3.05) is 33.7 Å². The van der Waals surface area contributed by atoms with Gasteiger partial charge in [-0.15, -0.1) is 0 Å². The molecule has 0 radical (unpaired) electrons. The minimum absolute atomic E-state index is 0.0113. The highest BCUT2D eigenvalue weighted by molar-refractivity contribution is 5.82. The lowest BCUT2D eigenvalue weighted by atomic mass is 9.77. The summed E-state index contributed by atoms with van der Waals surface area (Å²) in [5.41, 5.74) is 0. The second-order valence-electron chi connectivity index (χ2n) is 11.0. The molecule has 8 atom stereocenters. The maximum Gasteiger partial charge on any atom is 0.237 e. The van der Waals surface area contributed by atoms with Crippen LogP contribution in [0.4, 0.5) is 4.39 Å². The Bertz CT molecular complexity index is 641. The minimum atomic E-state index is -0.772. The van der Waals surface area contributed by atoms with Crippen LogP contribution < -0.4 is 10.6 Å². The summed E-state index contributed by atoms with van der Waals surface area (Å²) < 4.78 is 14.4. The zero-order chi connectivity index (χ0) is 22.1. The monoisotopic (exact) mass is 436 g/mol. The summed E-state index contributed by atoms with van der Waals surface area (Å²) in [6.45, 7) is 4.38. The van der Waals surface area contributed by atoms with Gasteiger partial charge in [-0.25, -0.2) is 4.39 Å². The van der Waals surface area contributed by atoms with Gasteiger partial charge in [-0.05, 0) is 76.8 Å². The fourth-order valence-corrected chi connectivity index (χ4v) is 6.66. The van der Waals surface area contributed by atoms with Gasteiger partial charge in [0.2, 0.25) is 11.8 Å². The Labute approximate surface area is 186 Å². The van der Waals surface area contributed by atoms with Crippen LogP contribution in [0.5, 0.6) is 0 Å². The number of nitrogens with one attached hydrogen (secondary N) is 2. The smallest absolute Gasteiger partial charge is 0.237 e. The number of nitrogens with zero attached hydrogens (tertiary/aromatic N) is 2. The molecule has 2 heterocycles. The van der Waals surface area contributed by atoms with E-state index in [2.05, 4.69) is 17.6 Å². The zero-order valence-electron chi connectivity index (χ0n) is 19.5. The molecular weight excluding hydrogens is 395 g/mol. The van der Waals surface area contributed by atoms with Crippen molar-refractivity contribution in [1.82, 2.24) is 20.4 Å². The van der Waals surface area contributed by atoms with Crippen LogP contribution in [0.3, 0.4) is 0 Å². The van der Waals surface area contributed by atoms with Crippen molar-refractivity contribution < 1.29 is 14.0 Å². The van der Waals surface area contributed by atoms with Crippen LogP contribution in [0.15, 0.2) is 0 Å². The third-order valence-corrected chi connectivity index (χ3v) is 8.41. The van der Waals surface area contributed by atoms with Crippen molar-refractivity contribution in [2.24, 2.45) is 23.7 Å². The second-order valence-corrected chi connectivity index (χ2v) is 11.0. The van der Waals surface area contributed by atoms with Gasteiger partial charge in [0, 0.05) is 31.1 Å². The Morgan fingerprint density at radius 1 is 1.10 bits per heavy atom. The number of likely N-dealkylation sites (tertiary alicyclic amines) is 1. The molecule has 4 fully saturated rings. The largest absolute Gasteiger partial charge is 0.352 e. The Morgan fingerprint density at radius 3 is 2.65 bits per heavy atom. The van der Waals surface area contributed by atoms with Crippen molar-refractivity contribution in [3.8, 4) is 0 Å². The average molecular weight is 437 g/mol. The number of carbonyl (C=O) groups excluding carboxylic acids is 2. The van der Waals surface area contributed by atoms with Gasteiger partial charge in [-0.3, -0.25) is 9.59 Å². The molecule has 2 saturated carbocycles. The molecule has 0 spiro atoms. The third kappa shape index (κ3) is 5.24. The maximum atomic E-state index is 14.4. The predicted molar refractivity (Wildman–Crippen MR) is 119 cm³/mol. The lowest BCUT2D eigenvalue weighted by Crippen LogP contribution is -2.49. The van der Waals surface area contributed by atoms with Crippen LogP contribution in [0.25, 0.3) is 0 Å². The van der Waals surface area contributed by atoms with Gasteiger partial charge in [0.25, 0.3) is 0 Å². The normalized spacial score (nSPS) is 40.7. The molecule has 2 aliphatic carbocycles. The first-order chi connectivity index (χ1) is 14.8. The molecule has 8 unspecified atom stereocenters. The molecule has 6 nitrogen and oxygen atoms in total. The lowest BCUT2D eigenvalue weighted by molar-refractivity contribution is -0.131. The predicted octanol–water partition coefficient (Wildman–Crippen LogP) is 2.19. The Kier molecular flexibility index (Phi) is 7.21. The van der Waals surface area contributed by atoms with E-state index >= 15 is 0 Å². The molecule has 4 aliphatic rings. The van der Waals surface area contributed by atoms with Crippen molar-refractivity contribution in [3.05, 3.63) is 0 Å². The summed E-state index contributed by atoms with van der Waals surface area (Å²) in [6.07, 6.45) is 6.84. The number of carbonyl (C=O) groups is 2. The molecule has 4 rings (SSSR count). The Hall–Kier alpha value is -1.21. The summed E-state index contributed by atoms with van der Waals surface area (Å²) in [7, 11) is 3.87. The summed E-state index contributed by atoms with van der Waals surface area (Å²) >= 11 is 0. The van der Waals surface area contributed by atoms with Gasteiger partial charge >= 0.3 is 0 Å². The van der Waals surface area contributed by atoms with E-state index in [0.29, 0.717) is 37.1 Å². The van der Waals surface area contributed by atoms with Crippen molar-refractivity contribution in [2.45, 2.75) is 82.6 Å². The van der Waals surface area contributed by atoms with Gasteiger partial charge in [-0.1, -0.05) is 13.3 Å². The number of hydrogen-bond acceptors (Lipinski definition) is 4. The highest BCUT2D eigenvalue weighted by Gasteiger charge is 2.46. The van der Waals surface area contributed by atoms with Crippen LogP contribution in [0.2, 0.25) is 0 Å². The number of fused-ring (bicyclic) bond motifs is 1. The number of alkyl halides is 1. The highest BCUT2D eigenvalue weighted by Crippen LogP contribution is 2.39. The molecule has 2 amide bonds. The van der Waals surface area contributed by atoms with Gasteiger partial charge < -0.3 is 20.4 Å². The number of hydrogen-bond donors (Lipinski definition) is 2. The average Bonchev–Trinajstić information content (AvgIpc) is 3.39. The number of amides is 2. The Morgan fingerprint density at radius 2 is 1.90 bits per heavy atom. The zero-order valence-corrected chi connectivity index (χ0v) is 19.5. The highest BCUT2D eigenvalue weighted by atomic mass is 19.1. The van der Waals surface area contributed by atoms with Crippen molar-refractivity contribution in [1.29, 1.82) is 0 Å². The van der Waals surface area contributed by atoms with E-state index in [0.717, 1.165) is 45.2 Å².